The zero-order valence-corrected chi connectivity index (χ0v) is 33.8. The van der Waals surface area contributed by atoms with Gasteiger partial charge in [0, 0.05) is 55.6 Å². The largest absolute Gasteiger partial charge is 0.354 e. The minimum Gasteiger partial charge on any atom is -0.354 e. The van der Waals surface area contributed by atoms with E-state index >= 15 is 0 Å². The highest BCUT2D eigenvalue weighted by molar-refractivity contribution is 6.04. The van der Waals surface area contributed by atoms with E-state index in [9.17, 15) is 0 Å². The average Bonchev–Trinajstić information content (AvgIpc) is 4.17. The van der Waals surface area contributed by atoms with E-state index in [0.717, 1.165) is 118 Å². The summed E-state index contributed by atoms with van der Waals surface area (Å²) in [6.07, 6.45) is 8.62. The van der Waals surface area contributed by atoms with Crippen LogP contribution < -0.4 is 0 Å². The first kappa shape index (κ1) is 36.0. The van der Waals surface area contributed by atoms with Crippen LogP contribution in [0.4, 0.5) is 0 Å². The Bertz CT molecular complexity index is 3340. The van der Waals surface area contributed by atoms with Gasteiger partial charge < -0.3 is 9.97 Å². The van der Waals surface area contributed by atoms with Crippen molar-refractivity contribution < 1.29 is 0 Å². The molecule has 5 aromatic carbocycles. The van der Waals surface area contributed by atoms with Crippen molar-refractivity contribution in [3.63, 3.8) is 0 Å². The predicted molar refractivity (Wildman–Crippen MR) is 253 cm³/mol. The lowest BCUT2D eigenvalue weighted by Crippen LogP contribution is -1.98. The highest BCUT2D eigenvalue weighted by atomic mass is 15.3. The summed E-state index contributed by atoms with van der Waals surface area (Å²) < 4.78 is 2.05. The quantitative estimate of drug-likeness (QED) is 0.176. The van der Waals surface area contributed by atoms with Crippen molar-refractivity contribution in [2.24, 2.45) is 0 Å². The van der Waals surface area contributed by atoms with E-state index in [0.29, 0.717) is 0 Å². The van der Waals surface area contributed by atoms with E-state index in [-0.39, 0.29) is 0 Å². The summed E-state index contributed by atoms with van der Waals surface area (Å²) in [5.41, 5.74) is 20.7. The van der Waals surface area contributed by atoms with E-state index in [1.165, 1.54) is 0 Å². The van der Waals surface area contributed by atoms with Gasteiger partial charge in [0.1, 0.15) is 0 Å². The molecule has 290 valence electrons. The van der Waals surface area contributed by atoms with Crippen molar-refractivity contribution in [2.45, 2.75) is 13.8 Å². The second-order valence-corrected chi connectivity index (χ2v) is 15.4. The number of nitrogens with one attached hydrogen (secondary N) is 2. The Morgan fingerprint density at radius 2 is 0.787 bits per heavy atom. The van der Waals surface area contributed by atoms with E-state index in [1.807, 2.05) is 6.07 Å². The summed E-state index contributed by atoms with van der Waals surface area (Å²) in [6, 6.07) is 59.2. The second-order valence-electron chi connectivity index (χ2n) is 15.4. The molecule has 11 rings (SSSR count). The van der Waals surface area contributed by atoms with Crippen molar-refractivity contribution in [3.05, 3.63) is 204 Å². The molecule has 2 aliphatic rings. The molecule has 0 amide bonds. The maximum atomic E-state index is 5.56. The number of rotatable bonds is 6. The number of H-pyrrole nitrogens is 2. The van der Waals surface area contributed by atoms with Gasteiger partial charge in [-0.1, -0.05) is 140 Å². The smallest absolute Gasteiger partial charge is 0.0737 e. The Kier molecular flexibility index (Phi) is 8.82. The standard InChI is InChI=1S/C55H40N6/c1-35-50(36(2)61(60-35)41-26-16-7-17-27-41)42-34-49-53(39-22-12-5-13-23-39)47-31-30-45(57-47)51(37-18-8-3-9-19-37)43-28-29-44(56-43)52(38-20-10-4-11-21-38)46-32-33-48(58-46)54(55(42)59-49)40-24-14-6-15-25-40/h3-34,56,59H,1-2H3. The molecule has 0 spiro atoms. The predicted octanol–water partition coefficient (Wildman–Crippen LogP) is 13.8. The first-order chi connectivity index (χ1) is 30.1. The second kappa shape index (κ2) is 14.9. The Morgan fingerprint density at radius 3 is 1.25 bits per heavy atom. The van der Waals surface area contributed by atoms with Crippen LogP contribution in [0.3, 0.4) is 0 Å². The molecule has 9 aromatic rings. The van der Waals surface area contributed by atoms with E-state index < -0.39 is 0 Å². The lowest BCUT2D eigenvalue weighted by molar-refractivity contribution is 0.834. The van der Waals surface area contributed by atoms with Gasteiger partial charge in [-0.3, -0.25) is 0 Å². The molecular formula is C55H40N6. The topological polar surface area (TPSA) is 75.2 Å². The SMILES string of the molecule is Cc1nn(-c2ccccc2)c(C)c1-c1cc2[nH]c1c(-c1ccccc1)c1nc(c(-c3ccccc3)c3ccc([nH]3)c(-c3ccccc3)c3nc(c2-c2ccccc2)C=C3)C=C1. The molecule has 2 N–H and O–H groups in total. The van der Waals surface area contributed by atoms with Crippen LogP contribution in [-0.2, 0) is 0 Å². The van der Waals surface area contributed by atoms with Crippen LogP contribution in [0.25, 0.3) is 108 Å². The molecule has 0 aliphatic carbocycles. The van der Waals surface area contributed by atoms with Crippen LogP contribution in [0.5, 0.6) is 0 Å². The zero-order chi connectivity index (χ0) is 40.9. The van der Waals surface area contributed by atoms with Gasteiger partial charge in [0.15, 0.2) is 0 Å². The van der Waals surface area contributed by atoms with Crippen LogP contribution >= 0.6 is 0 Å². The highest BCUT2D eigenvalue weighted by Gasteiger charge is 2.24. The number of aryl methyl sites for hydroxylation is 1. The van der Waals surface area contributed by atoms with Crippen LogP contribution in [0, 0.1) is 13.8 Å². The van der Waals surface area contributed by atoms with Crippen molar-refractivity contribution in [1.29, 1.82) is 0 Å². The van der Waals surface area contributed by atoms with Gasteiger partial charge in [0.2, 0.25) is 0 Å². The minimum atomic E-state index is 0.862. The first-order valence-corrected chi connectivity index (χ1v) is 20.6. The molecule has 0 fully saturated rings. The highest BCUT2D eigenvalue weighted by Crippen LogP contribution is 2.43. The summed E-state index contributed by atoms with van der Waals surface area (Å²) in [5, 5.41) is 5.16. The Morgan fingerprint density at radius 1 is 0.393 bits per heavy atom. The molecule has 0 saturated carbocycles. The summed E-state index contributed by atoms with van der Waals surface area (Å²) in [7, 11) is 0. The number of aromatic nitrogens is 6. The molecule has 6 heteroatoms. The van der Waals surface area contributed by atoms with Gasteiger partial charge >= 0.3 is 0 Å². The Balaban J connectivity index is 1.36. The maximum Gasteiger partial charge on any atom is 0.0737 e. The summed E-state index contributed by atoms with van der Waals surface area (Å²) >= 11 is 0. The molecule has 4 aromatic heterocycles. The number of nitrogens with zero attached hydrogens (tertiary/aromatic N) is 4. The van der Waals surface area contributed by atoms with Gasteiger partial charge in [-0.05, 0) is 90.7 Å². The lowest BCUT2D eigenvalue weighted by Gasteiger charge is -2.08. The van der Waals surface area contributed by atoms with Gasteiger partial charge in [-0.25, -0.2) is 14.6 Å². The molecule has 0 radical (unpaired) electrons. The number of aromatic amines is 2. The van der Waals surface area contributed by atoms with E-state index in [1.54, 1.807) is 0 Å². The fraction of sp³-hybridized carbons (Fsp3) is 0.0364. The Hall–Kier alpha value is -8.09. The van der Waals surface area contributed by atoms with Crippen molar-refractivity contribution >= 4 is 46.4 Å². The third-order valence-corrected chi connectivity index (χ3v) is 11.7. The van der Waals surface area contributed by atoms with Crippen molar-refractivity contribution in [2.75, 3.05) is 0 Å². The van der Waals surface area contributed by atoms with Gasteiger partial charge in [-0.15, -0.1) is 0 Å². The molecule has 2 aliphatic heterocycles. The summed E-state index contributed by atoms with van der Waals surface area (Å²) in [4.78, 5) is 19.0. The third-order valence-electron chi connectivity index (χ3n) is 11.7. The molecular weight excluding hydrogens is 745 g/mol. The normalized spacial score (nSPS) is 12.0. The third kappa shape index (κ3) is 6.33. The number of hydrogen-bond donors (Lipinski definition) is 2. The van der Waals surface area contributed by atoms with Crippen LogP contribution in [-0.4, -0.2) is 29.7 Å². The number of para-hydroxylation sites is 1. The van der Waals surface area contributed by atoms with Gasteiger partial charge in [0.25, 0.3) is 0 Å². The van der Waals surface area contributed by atoms with Crippen LogP contribution in [0.1, 0.15) is 34.2 Å². The number of benzene rings is 5. The molecule has 8 bridgehead atoms. The Labute approximate surface area is 353 Å². The molecule has 0 unspecified atom stereocenters. The fourth-order valence-electron chi connectivity index (χ4n) is 8.97. The van der Waals surface area contributed by atoms with Crippen molar-refractivity contribution in [3.8, 4) is 61.3 Å². The minimum absolute atomic E-state index is 0.862. The molecule has 61 heavy (non-hydrogen) atoms. The average molecular weight is 785 g/mol. The van der Waals surface area contributed by atoms with Gasteiger partial charge in [0.05, 0.1) is 39.7 Å². The molecule has 0 saturated heterocycles. The van der Waals surface area contributed by atoms with Crippen LogP contribution in [0.15, 0.2) is 170 Å². The molecule has 6 nitrogen and oxygen atoms in total. The first-order valence-electron chi connectivity index (χ1n) is 20.6. The summed E-state index contributed by atoms with van der Waals surface area (Å²) in [6.45, 7) is 4.27. The molecule has 6 heterocycles. The summed E-state index contributed by atoms with van der Waals surface area (Å²) in [5.74, 6) is 0. The van der Waals surface area contributed by atoms with E-state index in [2.05, 4.69) is 217 Å². The van der Waals surface area contributed by atoms with Gasteiger partial charge in [-0.2, -0.15) is 5.10 Å². The van der Waals surface area contributed by atoms with Crippen LogP contribution in [0.2, 0.25) is 0 Å². The monoisotopic (exact) mass is 784 g/mol. The molecule has 0 atom stereocenters. The number of fused-ring (bicyclic) bond motifs is 8. The maximum absolute atomic E-state index is 5.56. The lowest BCUT2D eigenvalue weighted by atomic mass is 9.97. The fourth-order valence-corrected chi connectivity index (χ4v) is 8.97. The number of hydrogen-bond acceptors (Lipinski definition) is 3. The zero-order valence-electron chi connectivity index (χ0n) is 33.8. The van der Waals surface area contributed by atoms with Crippen molar-refractivity contribution in [1.82, 2.24) is 29.7 Å². The van der Waals surface area contributed by atoms with E-state index in [4.69, 9.17) is 15.1 Å².